The largest absolute Gasteiger partial charge is 0.507 e. The maximum Gasteiger partial charge on any atom is 0.339 e. The first kappa shape index (κ1) is 21.4. The molecule has 0 bridgehead atoms. The average molecular weight is 492 g/mol. The lowest BCUT2D eigenvalue weighted by atomic mass is 10.1. The van der Waals surface area contributed by atoms with Gasteiger partial charge < -0.3 is 14.9 Å². The van der Waals surface area contributed by atoms with Crippen LogP contribution in [0.4, 0.5) is 5.69 Å². The number of ether oxygens (including phenoxy) is 1. The minimum absolute atomic E-state index is 0.278. The number of hydrogen-bond donors (Lipinski definition) is 2. The second-order valence-electron chi connectivity index (χ2n) is 7.04. The van der Waals surface area contributed by atoms with Gasteiger partial charge in [-0.25, -0.2) is 4.79 Å². The van der Waals surface area contributed by atoms with Gasteiger partial charge in [-0.15, -0.1) is 0 Å². The summed E-state index contributed by atoms with van der Waals surface area (Å²) in [5, 5.41) is 19.3. The van der Waals surface area contributed by atoms with Crippen LogP contribution in [0.25, 0.3) is 11.8 Å². The number of methoxy groups -OCH3 is 1. The Morgan fingerprint density at radius 3 is 2.47 bits per heavy atom. The molecule has 0 fully saturated rings. The molecule has 0 aliphatic carbocycles. The third-order valence-electron chi connectivity index (χ3n) is 5.02. The molecule has 0 saturated heterocycles. The molecule has 3 aromatic carbocycles. The third kappa shape index (κ3) is 4.02. The Bertz CT molecular complexity index is 1280. The zero-order valence-electron chi connectivity index (χ0n) is 16.9. The first-order chi connectivity index (χ1) is 15.4. The fraction of sp³-hybridized carbons (Fsp3) is 0.0400. The summed E-state index contributed by atoms with van der Waals surface area (Å²) in [7, 11) is 1.58. The standard InChI is InChI=1S/C25H18BrNO5/c1-32-23-10-7-15(12-20(23)26)11-17-13-21(16-5-3-2-4-6-16)27(24(17)29)18-8-9-22(28)19(14-18)25(30)31/h2-14,28H,1H3,(H,30,31)/b17-11-. The topological polar surface area (TPSA) is 87.1 Å². The summed E-state index contributed by atoms with van der Waals surface area (Å²) in [6, 6.07) is 18.9. The number of anilines is 1. The number of carbonyl (C=O) groups is 2. The van der Waals surface area contributed by atoms with Gasteiger partial charge in [-0.2, -0.15) is 0 Å². The van der Waals surface area contributed by atoms with Crippen LogP contribution in [0.3, 0.4) is 0 Å². The lowest BCUT2D eigenvalue weighted by Crippen LogP contribution is -2.25. The van der Waals surface area contributed by atoms with Crippen molar-refractivity contribution in [2.75, 3.05) is 12.0 Å². The van der Waals surface area contributed by atoms with Crippen LogP contribution in [0.1, 0.15) is 21.5 Å². The van der Waals surface area contributed by atoms with Crippen LogP contribution in [0.15, 0.2) is 82.9 Å². The van der Waals surface area contributed by atoms with E-state index in [1.165, 1.54) is 23.1 Å². The number of phenols is 1. The Morgan fingerprint density at radius 2 is 1.81 bits per heavy atom. The van der Waals surface area contributed by atoms with Crippen molar-refractivity contribution in [3.63, 3.8) is 0 Å². The highest BCUT2D eigenvalue weighted by molar-refractivity contribution is 9.10. The summed E-state index contributed by atoms with van der Waals surface area (Å²) in [6.45, 7) is 0. The Hall–Kier alpha value is -3.84. The Kier molecular flexibility index (Phi) is 5.83. The molecule has 0 unspecified atom stereocenters. The van der Waals surface area contributed by atoms with Gasteiger partial charge >= 0.3 is 5.97 Å². The van der Waals surface area contributed by atoms with E-state index in [1.807, 2.05) is 42.5 Å². The van der Waals surface area contributed by atoms with Crippen molar-refractivity contribution < 1.29 is 24.5 Å². The third-order valence-corrected chi connectivity index (χ3v) is 5.64. The molecule has 1 aliphatic heterocycles. The number of benzene rings is 3. The fourth-order valence-electron chi connectivity index (χ4n) is 3.48. The van der Waals surface area contributed by atoms with Crippen LogP contribution in [-0.2, 0) is 4.79 Å². The number of carboxylic acid groups (broad SMARTS) is 1. The Morgan fingerprint density at radius 1 is 1.06 bits per heavy atom. The minimum Gasteiger partial charge on any atom is -0.507 e. The molecule has 0 atom stereocenters. The first-order valence-corrected chi connectivity index (χ1v) is 10.4. The second kappa shape index (κ2) is 8.72. The molecule has 3 aromatic rings. The number of rotatable bonds is 5. The van der Waals surface area contributed by atoms with E-state index >= 15 is 0 Å². The van der Waals surface area contributed by atoms with Crippen molar-refractivity contribution in [3.8, 4) is 11.5 Å². The molecule has 160 valence electrons. The van der Waals surface area contributed by atoms with Crippen molar-refractivity contribution in [1.82, 2.24) is 0 Å². The van der Waals surface area contributed by atoms with E-state index in [4.69, 9.17) is 4.74 Å². The number of carboxylic acids is 1. The predicted molar refractivity (Wildman–Crippen MR) is 126 cm³/mol. The van der Waals surface area contributed by atoms with E-state index in [2.05, 4.69) is 15.9 Å². The molecule has 2 N–H and O–H groups in total. The number of halogens is 1. The predicted octanol–water partition coefficient (Wildman–Crippen LogP) is 5.33. The maximum atomic E-state index is 13.4. The molecule has 0 radical (unpaired) electrons. The number of nitrogens with zero attached hydrogens (tertiary/aromatic N) is 1. The molecular weight excluding hydrogens is 474 g/mol. The molecule has 32 heavy (non-hydrogen) atoms. The lowest BCUT2D eigenvalue weighted by molar-refractivity contribution is -0.113. The number of carbonyl (C=O) groups excluding carboxylic acids is 1. The SMILES string of the molecule is COc1ccc(/C=C2/C=C(c3ccccc3)N(c3ccc(O)c(C(=O)O)c3)C2=O)cc1Br. The zero-order chi connectivity index (χ0) is 22.8. The summed E-state index contributed by atoms with van der Waals surface area (Å²) in [6.07, 6.45) is 3.52. The van der Waals surface area contributed by atoms with Crippen LogP contribution in [0.2, 0.25) is 0 Å². The molecule has 0 aromatic heterocycles. The van der Waals surface area contributed by atoms with E-state index in [9.17, 15) is 19.8 Å². The summed E-state index contributed by atoms with van der Waals surface area (Å²) < 4.78 is 6.02. The van der Waals surface area contributed by atoms with Crippen LogP contribution >= 0.6 is 15.9 Å². The van der Waals surface area contributed by atoms with Gasteiger partial charge in [-0.3, -0.25) is 9.69 Å². The van der Waals surface area contributed by atoms with Crippen LogP contribution < -0.4 is 9.64 Å². The highest BCUT2D eigenvalue weighted by Crippen LogP contribution is 2.37. The van der Waals surface area contributed by atoms with Gasteiger partial charge in [0.05, 0.1) is 23.0 Å². The van der Waals surface area contributed by atoms with Crippen LogP contribution in [0.5, 0.6) is 11.5 Å². The van der Waals surface area contributed by atoms with Crippen molar-refractivity contribution in [1.29, 1.82) is 0 Å². The highest BCUT2D eigenvalue weighted by atomic mass is 79.9. The molecule has 6 nitrogen and oxygen atoms in total. The summed E-state index contributed by atoms with van der Waals surface area (Å²) in [5.41, 5.74) is 2.70. The molecule has 1 amide bonds. The van der Waals surface area contributed by atoms with Crippen molar-refractivity contribution in [2.24, 2.45) is 0 Å². The molecule has 0 saturated carbocycles. The van der Waals surface area contributed by atoms with E-state index < -0.39 is 5.97 Å². The van der Waals surface area contributed by atoms with Gasteiger partial charge in [0.25, 0.3) is 5.91 Å². The number of amides is 1. The lowest BCUT2D eigenvalue weighted by Gasteiger charge is -2.21. The van der Waals surface area contributed by atoms with Crippen LogP contribution in [0, 0.1) is 0 Å². The van der Waals surface area contributed by atoms with Crippen molar-refractivity contribution in [3.05, 3.63) is 99.5 Å². The summed E-state index contributed by atoms with van der Waals surface area (Å²) in [5.74, 6) is -1.27. The second-order valence-corrected chi connectivity index (χ2v) is 7.89. The monoisotopic (exact) mass is 491 g/mol. The molecule has 4 rings (SSSR count). The molecule has 7 heteroatoms. The van der Waals surface area contributed by atoms with Gasteiger partial charge in [0.1, 0.15) is 17.1 Å². The molecule has 1 aliphatic rings. The van der Waals surface area contributed by atoms with E-state index in [1.54, 1.807) is 25.3 Å². The summed E-state index contributed by atoms with van der Waals surface area (Å²) in [4.78, 5) is 26.4. The Balaban J connectivity index is 1.83. The van der Waals surface area contributed by atoms with E-state index in [-0.39, 0.29) is 17.2 Å². The number of aromatic carboxylic acids is 1. The summed E-state index contributed by atoms with van der Waals surface area (Å²) >= 11 is 3.45. The van der Waals surface area contributed by atoms with Gasteiger partial charge in [0.2, 0.25) is 0 Å². The number of aromatic hydroxyl groups is 1. The fourth-order valence-corrected chi connectivity index (χ4v) is 4.04. The molecular formula is C25H18BrNO5. The van der Waals surface area contributed by atoms with Gasteiger partial charge in [-0.05, 0) is 69.5 Å². The van der Waals surface area contributed by atoms with Crippen molar-refractivity contribution >= 4 is 45.3 Å². The Labute approximate surface area is 192 Å². The quantitative estimate of drug-likeness (QED) is 0.470. The molecule has 1 heterocycles. The van der Waals surface area contributed by atoms with Gasteiger partial charge in [-0.1, -0.05) is 36.4 Å². The van der Waals surface area contributed by atoms with Crippen molar-refractivity contribution in [2.45, 2.75) is 0 Å². The smallest absolute Gasteiger partial charge is 0.339 e. The highest BCUT2D eigenvalue weighted by Gasteiger charge is 2.31. The average Bonchev–Trinajstić information content (AvgIpc) is 3.10. The van der Waals surface area contributed by atoms with Gasteiger partial charge in [0, 0.05) is 5.57 Å². The zero-order valence-corrected chi connectivity index (χ0v) is 18.5. The first-order valence-electron chi connectivity index (χ1n) is 9.62. The molecule has 0 spiro atoms. The van der Waals surface area contributed by atoms with E-state index in [0.29, 0.717) is 22.7 Å². The normalized spacial score (nSPS) is 14.6. The van der Waals surface area contributed by atoms with Crippen LogP contribution in [-0.4, -0.2) is 29.2 Å². The van der Waals surface area contributed by atoms with E-state index in [0.717, 1.165) is 15.6 Å². The maximum absolute atomic E-state index is 13.4. The minimum atomic E-state index is -1.28. The number of hydrogen-bond acceptors (Lipinski definition) is 4. The van der Waals surface area contributed by atoms with Gasteiger partial charge in [0.15, 0.2) is 0 Å².